The highest BCUT2D eigenvalue weighted by Crippen LogP contribution is 2.24. The van der Waals surface area contributed by atoms with Gasteiger partial charge in [0.05, 0.1) is 18.3 Å². The topological polar surface area (TPSA) is 40.5 Å². The lowest BCUT2D eigenvalue weighted by Crippen LogP contribution is -2.42. The average molecular weight is 354 g/mol. The number of amides is 1. The minimum atomic E-state index is -0.276. The Bertz CT molecular complexity index is 373. The van der Waals surface area contributed by atoms with Crippen LogP contribution in [0.2, 0.25) is 0 Å². The van der Waals surface area contributed by atoms with E-state index in [-0.39, 0.29) is 24.4 Å². The number of hydrogen-bond donors (Lipinski definition) is 1. The first kappa shape index (κ1) is 13.7. The van der Waals surface area contributed by atoms with E-state index in [4.69, 9.17) is 16.7 Å². The maximum Gasteiger partial charge on any atom is 0.242 e. The molecule has 0 saturated carbocycles. The molecule has 0 bridgehead atoms. The highest BCUT2D eigenvalue weighted by Gasteiger charge is 2.22. The highest BCUT2D eigenvalue weighted by atomic mass is 127. The van der Waals surface area contributed by atoms with E-state index in [9.17, 15) is 4.79 Å². The first-order valence-corrected chi connectivity index (χ1v) is 6.46. The number of anilines is 1. The van der Waals surface area contributed by atoms with Crippen molar-refractivity contribution in [1.82, 2.24) is 0 Å². The second kappa shape index (κ2) is 6.42. The molecule has 5 heteroatoms. The number of carbonyl (C=O) groups is 1. The van der Waals surface area contributed by atoms with E-state index in [1.807, 2.05) is 24.3 Å². The lowest BCUT2D eigenvalue weighted by atomic mass is 10.2. The standard InChI is InChI=1S/C11H13ClINO2/c1-8(7-15)14(11(16)6-12)10-5-3-2-4-9(10)13/h2-5,8,15H,6-7H2,1H3. The van der Waals surface area contributed by atoms with Gasteiger partial charge in [0.2, 0.25) is 5.91 Å². The van der Waals surface area contributed by atoms with Gasteiger partial charge in [0.1, 0.15) is 5.88 Å². The van der Waals surface area contributed by atoms with Crippen LogP contribution >= 0.6 is 34.2 Å². The smallest absolute Gasteiger partial charge is 0.242 e. The first-order valence-electron chi connectivity index (χ1n) is 4.85. The van der Waals surface area contributed by atoms with Gasteiger partial charge in [0.15, 0.2) is 0 Å². The van der Waals surface area contributed by atoms with Crippen molar-refractivity contribution in [3.63, 3.8) is 0 Å². The molecule has 1 aromatic rings. The van der Waals surface area contributed by atoms with Crippen LogP contribution in [0.4, 0.5) is 5.69 Å². The zero-order valence-corrected chi connectivity index (χ0v) is 11.8. The van der Waals surface area contributed by atoms with Crippen LogP contribution in [0.3, 0.4) is 0 Å². The van der Waals surface area contributed by atoms with E-state index in [0.717, 1.165) is 9.26 Å². The number of benzene rings is 1. The summed E-state index contributed by atoms with van der Waals surface area (Å²) in [6.07, 6.45) is 0. The third-order valence-corrected chi connectivity index (χ3v) is 3.34. The molecular weight excluding hydrogens is 340 g/mol. The third-order valence-electron chi connectivity index (χ3n) is 2.20. The lowest BCUT2D eigenvalue weighted by molar-refractivity contribution is -0.116. The van der Waals surface area contributed by atoms with Crippen molar-refractivity contribution in [1.29, 1.82) is 0 Å². The maximum absolute atomic E-state index is 11.7. The molecule has 16 heavy (non-hydrogen) atoms. The first-order chi connectivity index (χ1) is 7.61. The van der Waals surface area contributed by atoms with Crippen molar-refractivity contribution in [3.8, 4) is 0 Å². The molecule has 3 nitrogen and oxygen atoms in total. The minimum absolute atomic E-state index is 0.0880. The maximum atomic E-state index is 11.7. The Balaban J connectivity index is 3.11. The highest BCUT2D eigenvalue weighted by molar-refractivity contribution is 14.1. The summed E-state index contributed by atoms with van der Waals surface area (Å²) < 4.78 is 0.957. The molecular formula is C11H13ClINO2. The van der Waals surface area contributed by atoms with Crippen LogP contribution in [-0.4, -0.2) is 29.5 Å². The Hall–Kier alpha value is -0.330. The van der Waals surface area contributed by atoms with Gasteiger partial charge in [-0.05, 0) is 41.6 Å². The Morgan fingerprint density at radius 2 is 2.19 bits per heavy atom. The fourth-order valence-corrected chi connectivity index (χ4v) is 2.19. The van der Waals surface area contributed by atoms with Crippen LogP contribution in [0.25, 0.3) is 0 Å². The number of para-hydroxylation sites is 1. The van der Waals surface area contributed by atoms with Crippen molar-refractivity contribution in [2.45, 2.75) is 13.0 Å². The second-order valence-corrected chi connectivity index (χ2v) is 4.81. The van der Waals surface area contributed by atoms with Gasteiger partial charge in [-0.2, -0.15) is 0 Å². The number of alkyl halides is 1. The van der Waals surface area contributed by atoms with E-state index in [2.05, 4.69) is 22.6 Å². The molecule has 0 spiro atoms. The summed E-state index contributed by atoms with van der Waals surface area (Å²) in [5.41, 5.74) is 0.787. The van der Waals surface area contributed by atoms with E-state index in [1.54, 1.807) is 6.92 Å². The molecule has 0 aliphatic heterocycles. The normalized spacial score (nSPS) is 12.2. The molecule has 0 heterocycles. The summed E-state index contributed by atoms with van der Waals surface area (Å²) in [7, 11) is 0. The summed E-state index contributed by atoms with van der Waals surface area (Å²) in [6, 6.07) is 7.24. The Kier molecular flexibility index (Phi) is 5.51. The minimum Gasteiger partial charge on any atom is -0.394 e. The zero-order valence-electron chi connectivity index (χ0n) is 8.86. The molecule has 1 aromatic carbocycles. The van der Waals surface area contributed by atoms with E-state index >= 15 is 0 Å². The molecule has 0 aliphatic rings. The third kappa shape index (κ3) is 3.09. The van der Waals surface area contributed by atoms with Crippen LogP contribution in [0.5, 0.6) is 0 Å². The molecule has 1 amide bonds. The van der Waals surface area contributed by atoms with Crippen molar-refractivity contribution in [2.75, 3.05) is 17.4 Å². The fraction of sp³-hybridized carbons (Fsp3) is 0.364. The van der Waals surface area contributed by atoms with Crippen LogP contribution < -0.4 is 4.90 Å². The second-order valence-electron chi connectivity index (χ2n) is 3.38. The van der Waals surface area contributed by atoms with Gasteiger partial charge in [0, 0.05) is 3.57 Å². The van der Waals surface area contributed by atoms with Gasteiger partial charge in [-0.15, -0.1) is 11.6 Å². The average Bonchev–Trinajstić information content (AvgIpc) is 2.31. The summed E-state index contributed by atoms with van der Waals surface area (Å²) in [5.74, 6) is -0.290. The largest absolute Gasteiger partial charge is 0.394 e. The van der Waals surface area contributed by atoms with Crippen molar-refractivity contribution >= 4 is 45.8 Å². The molecule has 88 valence electrons. The summed E-state index contributed by atoms with van der Waals surface area (Å²) >= 11 is 7.73. The SMILES string of the molecule is CC(CO)N(C(=O)CCl)c1ccccc1I. The van der Waals surface area contributed by atoms with Crippen molar-refractivity contribution < 1.29 is 9.90 Å². The zero-order chi connectivity index (χ0) is 12.1. The molecule has 1 N–H and O–H groups in total. The summed E-state index contributed by atoms with van der Waals surface area (Å²) in [4.78, 5) is 13.3. The Morgan fingerprint density at radius 3 is 2.69 bits per heavy atom. The van der Waals surface area contributed by atoms with Gasteiger partial charge in [-0.1, -0.05) is 12.1 Å². The molecule has 0 aliphatic carbocycles. The Labute approximate surface area is 114 Å². The number of hydrogen-bond acceptors (Lipinski definition) is 2. The van der Waals surface area contributed by atoms with Crippen molar-refractivity contribution in [2.24, 2.45) is 0 Å². The molecule has 1 atom stereocenters. The van der Waals surface area contributed by atoms with Gasteiger partial charge >= 0.3 is 0 Å². The van der Waals surface area contributed by atoms with Gasteiger partial charge in [-0.25, -0.2) is 0 Å². The number of nitrogens with zero attached hydrogens (tertiary/aromatic N) is 1. The molecule has 1 rings (SSSR count). The lowest BCUT2D eigenvalue weighted by Gasteiger charge is -2.28. The van der Waals surface area contributed by atoms with Crippen LogP contribution in [-0.2, 0) is 4.79 Å². The van der Waals surface area contributed by atoms with E-state index < -0.39 is 0 Å². The molecule has 0 radical (unpaired) electrons. The monoisotopic (exact) mass is 353 g/mol. The molecule has 1 unspecified atom stereocenters. The number of halogens is 2. The van der Waals surface area contributed by atoms with Crippen LogP contribution in [0, 0.1) is 3.57 Å². The summed E-state index contributed by atoms with van der Waals surface area (Å²) in [5, 5.41) is 9.16. The van der Waals surface area contributed by atoms with Crippen LogP contribution in [0.1, 0.15) is 6.92 Å². The van der Waals surface area contributed by atoms with E-state index in [1.165, 1.54) is 4.90 Å². The Morgan fingerprint density at radius 1 is 1.56 bits per heavy atom. The predicted octanol–water partition coefficient (Wildman–Crippen LogP) is 2.24. The predicted molar refractivity (Wildman–Crippen MR) is 73.9 cm³/mol. The van der Waals surface area contributed by atoms with Crippen LogP contribution in [0.15, 0.2) is 24.3 Å². The fourth-order valence-electron chi connectivity index (χ4n) is 1.41. The molecule has 0 fully saturated rings. The van der Waals surface area contributed by atoms with Gasteiger partial charge in [0.25, 0.3) is 0 Å². The molecule has 0 aromatic heterocycles. The van der Waals surface area contributed by atoms with E-state index in [0.29, 0.717) is 0 Å². The van der Waals surface area contributed by atoms with Crippen molar-refractivity contribution in [3.05, 3.63) is 27.8 Å². The quantitative estimate of drug-likeness (QED) is 0.666. The number of aliphatic hydroxyl groups excluding tert-OH is 1. The summed E-state index contributed by atoms with van der Waals surface area (Å²) in [6.45, 7) is 1.70. The number of rotatable bonds is 4. The van der Waals surface area contributed by atoms with Gasteiger partial charge in [-0.3, -0.25) is 4.79 Å². The number of carbonyl (C=O) groups excluding carboxylic acids is 1. The molecule has 0 saturated heterocycles. The van der Waals surface area contributed by atoms with Gasteiger partial charge < -0.3 is 10.0 Å². The number of aliphatic hydroxyl groups is 1.